The third-order valence-corrected chi connectivity index (χ3v) is 6.04. The molecule has 0 aliphatic rings. The molecule has 0 fully saturated rings. The van der Waals surface area contributed by atoms with Gasteiger partial charge in [-0.1, -0.05) is 68.3 Å². The fraction of sp³-hybridized carbons (Fsp3) is 0.409. The monoisotopic (exact) mass is 402 g/mol. The van der Waals surface area contributed by atoms with Crippen molar-refractivity contribution in [2.24, 2.45) is 5.41 Å². The molecule has 2 rings (SSSR count). The van der Waals surface area contributed by atoms with Gasteiger partial charge in [-0.3, -0.25) is 4.79 Å². The second kappa shape index (κ2) is 8.88. The van der Waals surface area contributed by atoms with Gasteiger partial charge in [0.1, 0.15) is 0 Å². The maximum atomic E-state index is 13.2. The van der Waals surface area contributed by atoms with Crippen LogP contribution in [0.3, 0.4) is 0 Å². The van der Waals surface area contributed by atoms with Crippen LogP contribution in [0.5, 0.6) is 0 Å². The van der Waals surface area contributed by atoms with Crippen LogP contribution in [0.1, 0.15) is 37.5 Å². The van der Waals surface area contributed by atoms with Crippen LogP contribution in [-0.4, -0.2) is 31.7 Å². The van der Waals surface area contributed by atoms with Crippen molar-refractivity contribution in [3.63, 3.8) is 0 Å². The summed E-state index contributed by atoms with van der Waals surface area (Å²) in [6.07, 6.45) is 0. The molecule has 1 N–H and O–H groups in total. The smallest absolute Gasteiger partial charge is 0.243 e. The number of rotatable bonds is 7. The molecule has 0 aliphatic heterocycles. The van der Waals surface area contributed by atoms with E-state index < -0.39 is 10.0 Å². The van der Waals surface area contributed by atoms with E-state index in [1.165, 1.54) is 4.31 Å². The highest BCUT2D eigenvalue weighted by atomic mass is 32.2. The molecule has 0 saturated carbocycles. The minimum atomic E-state index is -3.81. The van der Waals surface area contributed by atoms with Crippen molar-refractivity contribution in [1.82, 2.24) is 9.62 Å². The molecule has 0 radical (unpaired) electrons. The Morgan fingerprint density at radius 2 is 1.64 bits per heavy atom. The molecule has 0 bridgehead atoms. The van der Waals surface area contributed by atoms with Gasteiger partial charge in [0.15, 0.2) is 0 Å². The van der Waals surface area contributed by atoms with Gasteiger partial charge in [-0.15, -0.1) is 0 Å². The van der Waals surface area contributed by atoms with E-state index in [2.05, 4.69) is 5.32 Å². The first-order valence-electron chi connectivity index (χ1n) is 9.36. The average Bonchev–Trinajstić information content (AvgIpc) is 2.59. The SMILES string of the molecule is Cc1ccc(S(=O)(=O)N(CC(=O)NCC(C)(C)C)Cc2cccc(C)c2)cc1. The fourth-order valence-electron chi connectivity index (χ4n) is 2.68. The molecular weight excluding hydrogens is 372 g/mol. The van der Waals surface area contributed by atoms with Crippen LogP contribution in [0.15, 0.2) is 53.4 Å². The summed E-state index contributed by atoms with van der Waals surface area (Å²) in [6, 6.07) is 14.3. The van der Waals surface area contributed by atoms with Crippen LogP contribution < -0.4 is 5.32 Å². The topological polar surface area (TPSA) is 66.5 Å². The van der Waals surface area contributed by atoms with Gasteiger partial charge in [0.25, 0.3) is 0 Å². The molecule has 6 heteroatoms. The number of nitrogens with one attached hydrogen (secondary N) is 1. The molecule has 0 heterocycles. The molecule has 1 amide bonds. The van der Waals surface area contributed by atoms with Crippen molar-refractivity contribution in [3.8, 4) is 0 Å². The first-order valence-corrected chi connectivity index (χ1v) is 10.8. The molecule has 0 aromatic heterocycles. The number of carbonyl (C=O) groups is 1. The van der Waals surface area contributed by atoms with E-state index in [1.54, 1.807) is 24.3 Å². The Kier molecular flexibility index (Phi) is 7.01. The Morgan fingerprint density at radius 3 is 2.21 bits per heavy atom. The third kappa shape index (κ3) is 6.46. The van der Waals surface area contributed by atoms with E-state index in [0.29, 0.717) is 6.54 Å². The Balaban J connectivity index is 2.29. The zero-order chi connectivity index (χ0) is 20.9. The van der Waals surface area contributed by atoms with Crippen molar-refractivity contribution in [1.29, 1.82) is 0 Å². The number of aryl methyl sites for hydroxylation is 2. The highest BCUT2D eigenvalue weighted by Crippen LogP contribution is 2.19. The standard InChI is InChI=1S/C22H30N2O3S/c1-17-9-11-20(12-10-17)28(26,27)24(14-19-8-6-7-18(2)13-19)15-21(25)23-16-22(3,4)5/h6-13H,14-16H2,1-5H3,(H,23,25). The Bertz CT molecular complexity index is 914. The van der Waals surface area contributed by atoms with Crippen LogP contribution >= 0.6 is 0 Å². The second-order valence-corrected chi connectivity index (χ2v) is 10.4. The van der Waals surface area contributed by atoms with E-state index in [-0.39, 0.29) is 29.3 Å². The molecule has 2 aromatic rings. The van der Waals surface area contributed by atoms with E-state index in [9.17, 15) is 13.2 Å². The molecule has 0 atom stereocenters. The third-order valence-electron chi connectivity index (χ3n) is 4.24. The summed E-state index contributed by atoms with van der Waals surface area (Å²) < 4.78 is 27.7. The molecular formula is C22H30N2O3S. The lowest BCUT2D eigenvalue weighted by Gasteiger charge is -2.24. The fourth-order valence-corrected chi connectivity index (χ4v) is 4.06. The number of sulfonamides is 1. The molecule has 152 valence electrons. The summed E-state index contributed by atoms with van der Waals surface area (Å²) in [5.74, 6) is -0.307. The zero-order valence-corrected chi connectivity index (χ0v) is 18.1. The van der Waals surface area contributed by atoms with Crippen molar-refractivity contribution in [2.75, 3.05) is 13.1 Å². The summed E-state index contributed by atoms with van der Waals surface area (Å²) in [6.45, 7) is 10.3. The summed E-state index contributed by atoms with van der Waals surface area (Å²) in [7, 11) is -3.81. The van der Waals surface area contributed by atoms with Gasteiger partial charge in [0, 0.05) is 13.1 Å². The molecule has 0 spiro atoms. The van der Waals surface area contributed by atoms with Crippen LogP contribution in [0.4, 0.5) is 0 Å². The molecule has 5 nitrogen and oxygen atoms in total. The van der Waals surface area contributed by atoms with Crippen LogP contribution in [0.2, 0.25) is 0 Å². The minimum Gasteiger partial charge on any atom is -0.354 e. The number of amides is 1. The maximum Gasteiger partial charge on any atom is 0.243 e. The average molecular weight is 403 g/mol. The number of hydrogen-bond donors (Lipinski definition) is 1. The summed E-state index contributed by atoms with van der Waals surface area (Å²) in [5, 5.41) is 2.84. The van der Waals surface area contributed by atoms with E-state index in [1.807, 2.05) is 58.9 Å². The zero-order valence-electron chi connectivity index (χ0n) is 17.3. The molecule has 0 aliphatic carbocycles. The first-order chi connectivity index (χ1) is 13.0. The lowest BCUT2D eigenvalue weighted by Crippen LogP contribution is -2.42. The quantitative estimate of drug-likeness (QED) is 0.769. The number of benzene rings is 2. The number of hydrogen-bond acceptors (Lipinski definition) is 3. The van der Waals surface area contributed by atoms with Gasteiger partial charge < -0.3 is 5.32 Å². The highest BCUT2D eigenvalue weighted by molar-refractivity contribution is 7.89. The van der Waals surface area contributed by atoms with Gasteiger partial charge >= 0.3 is 0 Å². The molecule has 0 unspecified atom stereocenters. The number of nitrogens with zero attached hydrogens (tertiary/aromatic N) is 1. The van der Waals surface area contributed by atoms with Crippen molar-refractivity contribution < 1.29 is 13.2 Å². The van der Waals surface area contributed by atoms with Crippen LogP contribution in [0.25, 0.3) is 0 Å². The Morgan fingerprint density at radius 1 is 1.00 bits per heavy atom. The van der Waals surface area contributed by atoms with Gasteiger partial charge in [-0.05, 0) is 37.0 Å². The summed E-state index contributed by atoms with van der Waals surface area (Å²) in [5.41, 5.74) is 2.79. The van der Waals surface area contributed by atoms with Gasteiger partial charge in [0.05, 0.1) is 11.4 Å². The van der Waals surface area contributed by atoms with Crippen molar-refractivity contribution in [2.45, 2.75) is 46.1 Å². The Hall–Kier alpha value is -2.18. The van der Waals surface area contributed by atoms with Crippen molar-refractivity contribution in [3.05, 3.63) is 65.2 Å². The molecule has 2 aromatic carbocycles. The summed E-state index contributed by atoms with van der Waals surface area (Å²) >= 11 is 0. The van der Waals surface area contributed by atoms with Gasteiger partial charge in [-0.2, -0.15) is 4.31 Å². The Labute approximate surface area is 168 Å². The molecule has 0 saturated heterocycles. The predicted molar refractivity (Wildman–Crippen MR) is 112 cm³/mol. The van der Waals surface area contributed by atoms with Gasteiger partial charge in [0.2, 0.25) is 15.9 Å². The predicted octanol–water partition coefficient (Wildman–Crippen LogP) is 3.66. The van der Waals surface area contributed by atoms with E-state index in [0.717, 1.165) is 16.7 Å². The molecule has 28 heavy (non-hydrogen) atoms. The van der Waals surface area contributed by atoms with Gasteiger partial charge in [-0.25, -0.2) is 8.42 Å². The van der Waals surface area contributed by atoms with E-state index >= 15 is 0 Å². The largest absolute Gasteiger partial charge is 0.354 e. The first kappa shape index (κ1) is 22.1. The second-order valence-electron chi connectivity index (χ2n) is 8.41. The van der Waals surface area contributed by atoms with Crippen LogP contribution in [0, 0.1) is 19.3 Å². The van der Waals surface area contributed by atoms with Crippen molar-refractivity contribution >= 4 is 15.9 Å². The summed E-state index contributed by atoms with van der Waals surface area (Å²) in [4.78, 5) is 12.7. The number of carbonyl (C=O) groups excluding carboxylic acids is 1. The lowest BCUT2D eigenvalue weighted by molar-refractivity contribution is -0.121. The van der Waals surface area contributed by atoms with E-state index in [4.69, 9.17) is 0 Å². The van der Waals surface area contributed by atoms with Crippen LogP contribution in [-0.2, 0) is 21.4 Å². The highest BCUT2D eigenvalue weighted by Gasteiger charge is 2.27. The maximum absolute atomic E-state index is 13.2. The minimum absolute atomic E-state index is 0.0765. The lowest BCUT2D eigenvalue weighted by atomic mass is 9.97. The normalized spacial score (nSPS) is 12.2.